The third kappa shape index (κ3) is 2.96. The molecule has 2 aliphatic rings. The van der Waals surface area contributed by atoms with E-state index in [4.69, 9.17) is 5.73 Å². The molecule has 1 aliphatic carbocycles. The molecule has 0 bridgehead atoms. The number of nitrogens with zero attached hydrogens (tertiary/aromatic N) is 1. The molecular formula is C11H22N2O2S. The average molecular weight is 246 g/mol. The molecular weight excluding hydrogens is 224 g/mol. The van der Waals surface area contributed by atoms with Gasteiger partial charge in [-0.25, -0.2) is 12.7 Å². The van der Waals surface area contributed by atoms with E-state index in [-0.39, 0.29) is 6.04 Å². The standard InChI is InChI=1S/C11H22N2O2S/c12-11-5-7-13(8-6-11)16(14,15)9-10-3-1-2-4-10/h10-11H,1-9,12H2. The third-order valence-corrected chi connectivity index (χ3v) is 5.86. The minimum atomic E-state index is -3.01. The molecule has 2 rings (SSSR count). The lowest BCUT2D eigenvalue weighted by atomic mass is 10.1. The summed E-state index contributed by atoms with van der Waals surface area (Å²) in [7, 11) is -3.01. The van der Waals surface area contributed by atoms with E-state index in [1.54, 1.807) is 4.31 Å². The highest BCUT2D eigenvalue weighted by Gasteiger charge is 2.30. The quantitative estimate of drug-likeness (QED) is 0.805. The van der Waals surface area contributed by atoms with E-state index in [1.165, 1.54) is 12.8 Å². The molecule has 4 nitrogen and oxygen atoms in total. The van der Waals surface area contributed by atoms with E-state index in [9.17, 15) is 8.42 Å². The summed E-state index contributed by atoms with van der Waals surface area (Å²) in [5, 5.41) is 0. The number of hydrogen-bond donors (Lipinski definition) is 1. The van der Waals surface area contributed by atoms with Crippen LogP contribution in [-0.4, -0.2) is 37.6 Å². The molecule has 0 unspecified atom stereocenters. The van der Waals surface area contributed by atoms with Crippen molar-refractivity contribution in [2.75, 3.05) is 18.8 Å². The largest absolute Gasteiger partial charge is 0.328 e. The topological polar surface area (TPSA) is 63.4 Å². The van der Waals surface area contributed by atoms with E-state index >= 15 is 0 Å². The predicted molar refractivity (Wildman–Crippen MR) is 64.5 cm³/mol. The zero-order valence-electron chi connectivity index (χ0n) is 9.77. The van der Waals surface area contributed by atoms with Crippen molar-refractivity contribution in [3.63, 3.8) is 0 Å². The van der Waals surface area contributed by atoms with Gasteiger partial charge in [0.05, 0.1) is 5.75 Å². The highest BCUT2D eigenvalue weighted by Crippen LogP contribution is 2.27. The minimum absolute atomic E-state index is 0.193. The summed E-state index contributed by atoms with van der Waals surface area (Å²) in [6.07, 6.45) is 6.20. The Bertz CT molecular complexity index is 315. The monoisotopic (exact) mass is 246 g/mol. The first-order valence-electron chi connectivity index (χ1n) is 6.31. The molecule has 0 atom stereocenters. The second-order valence-electron chi connectivity index (χ2n) is 5.17. The SMILES string of the molecule is NC1CCN(S(=O)(=O)CC2CCCC2)CC1. The van der Waals surface area contributed by atoms with Gasteiger partial charge in [-0.05, 0) is 31.6 Å². The molecule has 0 aromatic heterocycles. The van der Waals surface area contributed by atoms with Crippen LogP contribution in [0.3, 0.4) is 0 Å². The number of piperidine rings is 1. The molecule has 2 N–H and O–H groups in total. The maximum absolute atomic E-state index is 12.1. The minimum Gasteiger partial charge on any atom is -0.328 e. The fourth-order valence-corrected chi connectivity index (χ4v) is 4.64. The van der Waals surface area contributed by atoms with Crippen molar-refractivity contribution < 1.29 is 8.42 Å². The van der Waals surface area contributed by atoms with Gasteiger partial charge in [-0.3, -0.25) is 0 Å². The second-order valence-corrected chi connectivity index (χ2v) is 7.18. The Hall–Kier alpha value is -0.130. The van der Waals surface area contributed by atoms with Crippen molar-refractivity contribution in [3.05, 3.63) is 0 Å². The number of hydrogen-bond acceptors (Lipinski definition) is 3. The van der Waals surface area contributed by atoms with Crippen molar-refractivity contribution in [1.82, 2.24) is 4.31 Å². The summed E-state index contributed by atoms with van der Waals surface area (Å²) >= 11 is 0. The van der Waals surface area contributed by atoms with Crippen LogP contribution in [0.2, 0.25) is 0 Å². The highest BCUT2D eigenvalue weighted by molar-refractivity contribution is 7.89. The Morgan fingerprint density at radius 3 is 2.19 bits per heavy atom. The van der Waals surface area contributed by atoms with Crippen LogP contribution in [-0.2, 0) is 10.0 Å². The van der Waals surface area contributed by atoms with Crippen molar-refractivity contribution in [1.29, 1.82) is 0 Å². The summed E-state index contributed by atoms with van der Waals surface area (Å²) in [6.45, 7) is 1.24. The van der Waals surface area contributed by atoms with Crippen LogP contribution in [0.25, 0.3) is 0 Å². The zero-order valence-corrected chi connectivity index (χ0v) is 10.6. The van der Waals surface area contributed by atoms with E-state index in [0.717, 1.165) is 25.7 Å². The molecule has 16 heavy (non-hydrogen) atoms. The van der Waals surface area contributed by atoms with Crippen molar-refractivity contribution in [2.24, 2.45) is 11.7 Å². The van der Waals surface area contributed by atoms with Crippen LogP contribution in [0.4, 0.5) is 0 Å². The van der Waals surface area contributed by atoms with Gasteiger partial charge < -0.3 is 5.73 Å². The van der Waals surface area contributed by atoms with E-state index in [0.29, 0.717) is 24.8 Å². The molecule has 0 radical (unpaired) electrons. The molecule has 1 heterocycles. The summed E-state index contributed by atoms with van der Waals surface area (Å²) < 4.78 is 25.9. The molecule has 1 saturated carbocycles. The lowest BCUT2D eigenvalue weighted by Gasteiger charge is -2.30. The Morgan fingerprint density at radius 2 is 1.62 bits per heavy atom. The van der Waals surface area contributed by atoms with Crippen molar-refractivity contribution in [2.45, 2.75) is 44.6 Å². The van der Waals surface area contributed by atoms with Crippen molar-refractivity contribution >= 4 is 10.0 Å². The average Bonchev–Trinajstić information content (AvgIpc) is 2.70. The lowest BCUT2D eigenvalue weighted by molar-refractivity contribution is 0.317. The summed E-state index contributed by atoms with van der Waals surface area (Å²) in [5.41, 5.74) is 5.78. The number of nitrogens with two attached hydrogens (primary N) is 1. The van der Waals surface area contributed by atoms with Crippen LogP contribution in [0, 0.1) is 5.92 Å². The third-order valence-electron chi connectivity index (χ3n) is 3.81. The molecule has 0 amide bonds. The van der Waals surface area contributed by atoms with Crippen LogP contribution in [0.5, 0.6) is 0 Å². The molecule has 5 heteroatoms. The molecule has 0 aromatic carbocycles. The maximum atomic E-state index is 12.1. The molecule has 2 fully saturated rings. The fraction of sp³-hybridized carbons (Fsp3) is 1.00. The summed E-state index contributed by atoms with van der Waals surface area (Å²) in [6, 6.07) is 0.193. The van der Waals surface area contributed by atoms with Crippen LogP contribution >= 0.6 is 0 Å². The van der Waals surface area contributed by atoms with Crippen LogP contribution in [0.1, 0.15) is 38.5 Å². The maximum Gasteiger partial charge on any atom is 0.214 e. The molecule has 94 valence electrons. The summed E-state index contributed by atoms with van der Waals surface area (Å²) in [4.78, 5) is 0. The second kappa shape index (κ2) is 5.02. The molecule has 1 saturated heterocycles. The predicted octanol–water partition coefficient (Wildman–Crippen LogP) is 0.929. The highest BCUT2D eigenvalue weighted by atomic mass is 32.2. The van der Waals surface area contributed by atoms with E-state index in [1.807, 2.05) is 0 Å². The normalized spacial score (nSPS) is 26.3. The van der Waals surface area contributed by atoms with Crippen LogP contribution < -0.4 is 5.73 Å². The Morgan fingerprint density at radius 1 is 1.06 bits per heavy atom. The lowest BCUT2D eigenvalue weighted by Crippen LogP contribution is -2.44. The first kappa shape index (κ1) is 12.3. The fourth-order valence-electron chi connectivity index (χ4n) is 2.73. The first-order chi connectivity index (χ1) is 7.58. The Kier molecular flexibility index (Phi) is 3.87. The van der Waals surface area contributed by atoms with Gasteiger partial charge in [-0.1, -0.05) is 12.8 Å². The van der Waals surface area contributed by atoms with Gasteiger partial charge >= 0.3 is 0 Å². The molecule has 1 aliphatic heterocycles. The van der Waals surface area contributed by atoms with Gasteiger partial charge in [0.15, 0.2) is 0 Å². The molecule has 0 spiro atoms. The van der Waals surface area contributed by atoms with Crippen LogP contribution in [0.15, 0.2) is 0 Å². The Labute approximate surface area is 98.2 Å². The summed E-state index contributed by atoms with van der Waals surface area (Å²) in [5.74, 6) is 0.767. The van der Waals surface area contributed by atoms with E-state index in [2.05, 4.69) is 0 Å². The zero-order chi connectivity index (χ0) is 11.6. The smallest absolute Gasteiger partial charge is 0.214 e. The van der Waals surface area contributed by atoms with Gasteiger partial charge in [0, 0.05) is 19.1 Å². The Balaban J connectivity index is 1.90. The van der Waals surface area contributed by atoms with Crippen molar-refractivity contribution in [3.8, 4) is 0 Å². The van der Waals surface area contributed by atoms with Gasteiger partial charge in [0.25, 0.3) is 0 Å². The number of rotatable bonds is 3. The van der Waals surface area contributed by atoms with Gasteiger partial charge in [-0.2, -0.15) is 0 Å². The van der Waals surface area contributed by atoms with Gasteiger partial charge in [0.1, 0.15) is 0 Å². The number of sulfonamides is 1. The van der Waals surface area contributed by atoms with Gasteiger partial charge in [0.2, 0.25) is 10.0 Å². The first-order valence-corrected chi connectivity index (χ1v) is 7.92. The van der Waals surface area contributed by atoms with Gasteiger partial charge in [-0.15, -0.1) is 0 Å². The van der Waals surface area contributed by atoms with E-state index < -0.39 is 10.0 Å². The molecule has 0 aromatic rings.